The molecule has 100 valence electrons. The van der Waals surface area contributed by atoms with E-state index in [2.05, 4.69) is 0 Å². The molecule has 7 heteroatoms. The second kappa shape index (κ2) is 5.32. The molecule has 0 aromatic carbocycles. The molecule has 0 aromatic rings. The van der Waals surface area contributed by atoms with Crippen molar-refractivity contribution in [3.05, 3.63) is 0 Å². The molecule has 0 spiro atoms. The molecule has 0 aliphatic carbocycles. The monoisotopic (exact) mass is 263 g/mol. The van der Waals surface area contributed by atoms with E-state index in [9.17, 15) is 13.2 Å². The van der Waals surface area contributed by atoms with Crippen molar-refractivity contribution in [1.82, 2.24) is 4.31 Å². The molecule has 1 saturated heterocycles. The SMILES string of the molecule is CC[C@H](N)[C@@H]1CCN(S(C)(=O)=O)[C@H](C(N)=O)C1. The van der Waals surface area contributed by atoms with Crippen molar-refractivity contribution in [1.29, 1.82) is 0 Å². The molecule has 1 aliphatic heterocycles. The van der Waals surface area contributed by atoms with Gasteiger partial charge in [0.1, 0.15) is 6.04 Å². The highest BCUT2D eigenvalue weighted by atomic mass is 32.2. The van der Waals surface area contributed by atoms with Crippen LogP contribution in [-0.4, -0.2) is 43.5 Å². The van der Waals surface area contributed by atoms with Gasteiger partial charge in [0.05, 0.1) is 6.26 Å². The van der Waals surface area contributed by atoms with Crippen molar-refractivity contribution < 1.29 is 13.2 Å². The van der Waals surface area contributed by atoms with Crippen molar-refractivity contribution in [3.63, 3.8) is 0 Å². The van der Waals surface area contributed by atoms with E-state index in [-0.39, 0.29) is 12.0 Å². The van der Waals surface area contributed by atoms with Crippen LogP contribution in [0.1, 0.15) is 26.2 Å². The summed E-state index contributed by atoms with van der Waals surface area (Å²) in [5.74, 6) is -0.432. The molecule has 1 fully saturated rings. The molecule has 6 nitrogen and oxygen atoms in total. The van der Waals surface area contributed by atoms with Crippen LogP contribution < -0.4 is 11.5 Å². The molecule has 1 aliphatic rings. The van der Waals surface area contributed by atoms with Crippen molar-refractivity contribution in [2.24, 2.45) is 17.4 Å². The Balaban J connectivity index is 2.86. The van der Waals surface area contributed by atoms with Crippen LogP contribution in [0, 0.1) is 5.92 Å². The Hall–Kier alpha value is -0.660. The van der Waals surface area contributed by atoms with Crippen LogP contribution in [0.3, 0.4) is 0 Å². The number of primary amides is 1. The fraction of sp³-hybridized carbons (Fsp3) is 0.900. The normalized spacial score (nSPS) is 28.9. The minimum absolute atomic E-state index is 0.00133. The first-order valence-corrected chi connectivity index (χ1v) is 7.64. The maximum atomic E-state index is 11.5. The summed E-state index contributed by atoms with van der Waals surface area (Å²) >= 11 is 0. The average Bonchev–Trinajstić information content (AvgIpc) is 2.25. The zero-order valence-electron chi connectivity index (χ0n) is 10.3. The topological polar surface area (TPSA) is 106 Å². The Morgan fingerprint density at radius 2 is 2.12 bits per heavy atom. The smallest absolute Gasteiger partial charge is 0.235 e. The Morgan fingerprint density at radius 3 is 2.53 bits per heavy atom. The lowest BCUT2D eigenvalue weighted by Crippen LogP contribution is -2.54. The first kappa shape index (κ1) is 14.4. The zero-order valence-corrected chi connectivity index (χ0v) is 11.1. The van der Waals surface area contributed by atoms with Gasteiger partial charge in [0, 0.05) is 12.6 Å². The van der Waals surface area contributed by atoms with Crippen molar-refractivity contribution in [2.75, 3.05) is 12.8 Å². The molecule has 17 heavy (non-hydrogen) atoms. The van der Waals surface area contributed by atoms with E-state index >= 15 is 0 Å². The van der Waals surface area contributed by atoms with E-state index in [4.69, 9.17) is 11.5 Å². The van der Waals surface area contributed by atoms with E-state index < -0.39 is 22.0 Å². The molecule has 1 amide bonds. The molecule has 1 heterocycles. The largest absolute Gasteiger partial charge is 0.368 e. The Bertz CT molecular complexity index is 382. The zero-order chi connectivity index (χ0) is 13.2. The van der Waals surface area contributed by atoms with Gasteiger partial charge in [0.25, 0.3) is 0 Å². The quantitative estimate of drug-likeness (QED) is 0.696. The van der Waals surface area contributed by atoms with Crippen LogP contribution in [0.5, 0.6) is 0 Å². The van der Waals surface area contributed by atoms with Gasteiger partial charge in [-0.25, -0.2) is 8.42 Å². The number of nitrogens with zero attached hydrogens (tertiary/aromatic N) is 1. The van der Waals surface area contributed by atoms with Gasteiger partial charge < -0.3 is 11.5 Å². The number of piperidine rings is 1. The van der Waals surface area contributed by atoms with Crippen molar-refractivity contribution >= 4 is 15.9 Å². The highest BCUT2D eigenvalue weighted by Gasteiger charge is 2.38. The van der Waals surface area contributed by atoms with Gasteiger partial charge in [-0.15, -0.1) is 0 Å². The van der Waals surface area contributed by atoms with Gasteiger partial charge in [-0.05, 0) is 25.2 Å². The summed E-state index contributed by atoms with van der Waals surface area (Å²) < 4.78 is 24.3. The first-order valence-electron chi connectivity index (χ1n) is 5.79. The Morgan fingerprint density at radius 1 is 1.53 bits per heavy atom. The molecule has 1 rings (SSSR count). The van der Waals surface area contributed by atoms with Crippen molar-refractivity contribution in [2.45, 2.75) is 38.3 Å². The fourth-order valence-corrected chi connectivity index (χ4v) is 3.44. The minimum Gasteiger partial charge on any atom is -0.368 e. The Labute approximate surface area is 102 Å². The number of amides is 1. The third kappa shape index (κ3) is 3.40. The lowest BCUT2D eigenvalue weighted by atomic mass is 9.85. The van der Waals surface area contributed by atoms with Crippen molar-refractivity contribution in [3.8, 4) is 0 Å². The molecule has 0 bridgehead atoms. The van der Waals surface area contributed by atoms with Gasteiger partial charge in [-0.2, -0.15) is 4.31 Å². The second-order valence-electron chi connectivity index (χ2n) is 4.65. The maximum absolute atomic E-state index is 11.5. The van der Waals surface area contributed by atoms with Gasteiger partial charge >= 0.3 is 0 Å². The number of carbonyl (C=O) groups excluding carboxylic acids is 1. The van der Waals surface area contributed by atoms with Crippen LogP contribution >= 0.6 is 0 Å². The summed E-state index contributed by atoms with van der Waals surface area (Å²) in [6.45, 7) is 2.30. The summed E-state index contributed by atoms with van der Waals surface area (Å²) in [5, 5.41) is 0. The van der Waals surface area contributed by atoms with Gasteiger partial charge in [0.2, 0.25) is 15.9 Å². The molecule has 3 atom stereocenters. The van der Waals surface area contributed by atoms with E-state index in [0.29, 0.717) is 19.4 Å². The van der Waals surface area contributed by atoms with Crippen LogP contribution in [0.15, 0.2) is 0 Å². The van der Waals surface area contributed by atoms with Crippen LogP contribution in [-0.2, 0) is 14.8 Å². The number of carbonyl (C=O) groups is 1. The van der Waals surface area contributed by atoms with Gasteiger partial charge in [0.15, 0.2) is 0 Å². The lowest BCUT2D eigenvalue weighted by molar-refractivity contribution is -0.123. The molecular weight excluding hydrogens is 242 g/mol. The standard InChI is InChI=1S/C10H21N3O3S/c1-3-8(11)7-4-5-13(17(2,15)16)9(6-7)10(12)14/h7-9H,3-6,11H2,1-2H3,(H2,12,14)/t7-,8+,9+/m1/s1. The predicted octanol–water partition coefficient (Wildman–Crippen LogP) is -0.751. The summed E-state index contributed by atoms with van der Waals surface area (Å²) in [5.41, 5.74) is 11.2. The van der Waals surface area contributed by atoms with Gasteiger partial charge in [-0.1, -0.05) is 6.92 Å². The number of hydrogen-bond acceptors (Lipinski definition) is 4. The van der Waals surface area contributed by atoms with E-state index in [1.54, 1.807) is 0 Å². The molecule has 0 unspecified atom stereocenters. The van der Waals surface area contributed by atoms with E-state index in [1.165, 1.54) is 4.31 Å². The molecule has 0 saturated carbocycles. The fourth-order valence-electron chi connectivity index (χ4n) is 2.35. The highest BCUT2D eigenvalue weighted by molar-refractivity contribution is 7.88. The second-order valence-corrected chi connectivity index (χ2v) is 6.58. The minimum atomic E-state index is -3.38. The maximum Gasteiger partial charge on any atom is 0.235 e. The van der Waals surface area contributed by atoms with Crippen LogP contribution in [0.4, 0.5) is 0 Å². The molecule has 0 aromatic heterocycles. The van der Waals surface area contributed by atoms with E-state index in [0.717, 1.165) is 12.7 Å². The van der Waals surface area contributed by atoms with E-state index in [1.807, 2.05) is 6.92 Å². The summed E-state index contributed by atoms with van der Waals surface area (Å²) in [4.78, 5) is 11.3. The summed E-state index contributed by atoms with van der Waals surface area (Å²) in [7, 11) is -3.38. The first-order chi connectivity index (χ1) is 7.77. The predicted molar refractivity (Wildman–Crippen MR) is 65.5 cm³/mol. The number of rotatable bonds is 4. The summed E-state index contributed by atoms with van der Waals surface area (Å²) in [6.07, 6.45) is 3.03. The third-order valence-electron chi connectivity index (χ3n) is 3.43. The summed E-state index contributed by atoms with van der Waals surface area (Å²) in [6, 6.07) is -0.750. The number of hydrogen-bond donors (Lipinski definition) is 2. The highest BCUT2D eigenvalue weighted by Crippen LogP contribution is 2.27. The van der Waals surface area contributed by atoms with Crippen LogP contribution in [0.2, 0.25) is 0 Å². The Kier molecular flexibility index (Phi) is 4.51. The molecular formula is C10H21N3O3S. The number of nitrogens with two attached hydrogens (primary N) is 2. The number of sulfonamides is 1. The average molecular weight is 263 g/mol. The third-order valence-corrected chi connectivity index (χ3v) is 4.71. The molecule has 0 radical (unpaired) electrons. The lowest BCUT2D eigenvalue weighted by Gasteiger charge is -2.38. The van der Waals surface area contributed by atoms with Crippen LogP contribution in [0.25, 0.3) is 0 Å². The molecule has 4 N–H and O–H groups in total. The van der Waals surface area contributed by atoms with Gasteiger partial charge in [-0.3, -0.25) is 4.79 Å².